The first-order chi connectivity index (χ1) is 19.6. The Bertz CT molecular complexity index is 1690. The summed E-state index contributed by atoms with van der Waals surface area (Å²) in [5, 5.41) is 22.4. The first kappa shape index (κ1) is 28.2. The minimum absolute atomic E-state index is 0.0709. The van der Waals surface area contributed by atoms with Crippen molar-refractivity contribution < 1.29 is 14.5 Å². The van der Waals surface area contributed by atoms with Gasteiger partial charge < -0.3 is 10.5 Å². The van der Waals surface area contributed by atoms with Crippen molar-refractivity contribution in [2.24, 2.45) is 5.73 Å². The summed E-state index contributed by atoms with van der Waals surface area (Å²) in [4.78, 5) is 25.9. The summed E-state index contributed by atoms with van der Waals surface area (Å²) in [6.07, 6.45) is 1.47. The van der Waals surface area contributed by atoms with Crippen molar-refractivity contribution in [3.05, 3.63) is 120 Å². The maximum Gasteiger partial charge on any atom is 0.271 e. The van der Waals surface area contributed by atoms with Gasteiger partial charge in [-0.1, -0.05) is 35.3 Å². The predicted octanol–water partition coefficient (Wildman–Crippen LogP) is 7.40. The predicted molar refractivity (Wildman–Crippen MR) is 158 cm³/mol. The molecule has 2 N–H and O–H groups in total. The first-order valence-corrected chi connectivity index (χ1v) is 13.7. The van der Waals surface area contributed by atoms with Crippen LogP contribution in [0.4, 0.5) is 11.4 Å². The van der Waals surface area contributed by atoms with Gasteiger partial charge in [0.05, 0.1) is 33.2 Å². The summed E-state index contributed by atoms with van der Waals surface area (Å²) >= 11 is 12.5. The number of benzene rings is 3. The van der Waals surface area contributed by atoms with Crippen LogP contribution in [-0.2, 0) is 11.4 Å². The number of halogens is 2. The second-order valence-electron chi connectivity index (χ2n) is 10.1. The van der Waals surface area contributed by atoms with Crippen molar-refractivity contribution in [1.29, 1.82) is 5.26 Å². The van der Waals surface area contributed by atoms with Crippen LogP contribution < -0.4 is 15.4 Å². The summed E-state index contributed by atoms with van der Waals surface area (Å²) in [6.45, 7) is 4.21. The molecule has 1 aliphatic heterocycles. The van der Waals surface area contributed by atoms with Crippen LogP contribution in [-0.4, -0.2) is 10.7 Å². The lowest BCUT2D eigenvalue weighted by molar-refractivity contribution is -0.384. The average molecular weight is 589 g/mol. The highest BCUT2D eigenvalue weighted by Gasteiger charge is 2.41. The SMILES string of the molecule is Cc1cc(C)c(C2C(C#N)=C(N)N(c3ccc([N+](=O)[O-])cc3Cl)C3=C2C(=O)CCC3)cc1COc1ccc(Cl)cc1. The number of hydrogen-bond donors (Lipinski definition) is 1. The van der Waals surface area contributed by atoms with Crippen LogP contribution >= 0.6 is 23.2 Å². The summed E-state index contributed by atoms with van der Waals surface area (Å²) in [6, 6.07) is 17.4. The molecule has 0 saturated carbocycles. The number of ketones is 1. The van der Waals surface area contributed by atoms with Crippen LogP contribution in [0.15, 0.2) is 77.3 Å². The number of nitrogens with zero attached hydrogens (tertiary/aromatic N) is 3. The maximum absolute atomic E-state index is 13.6. The molecule has 1 heterocycles. The van der Waals surface area contributed by atoms with E-state index in [0.29, 0.717) is 47.0 Å². The Labute approximate surface area is 247 Å². The van der Waals surface area contributed by atoms with E-state index in [1.165, 1.54) is 18.2 Å². The molecule has 1 unspecified atom stereocenters. The third-order valence-corrected chi connectivity index (χ3v) is 8.09. The second kappa shape index (κ2) is 11.3. The highest BCUT2D eigenvalue weighted by Crippen LogP contribution is 2.48. The third-order valence-electron chi connectivity index (χ3n) is 7.54. The number of ether oxygens (including phenoxy) is 1. The lowest BCUT2D eigenvalue weighted by atomic mass is 9.74. The molecule has 0 bridgehead atoms. The molecule has 41 heavy (non-hydrogen) atoms. The number of aryl methyl sites for hydroxylation is 2. The lowest BCUT2D eigenvalue weighted by Gasteiger charge is -2.40. The van der Waals surface area contributed by atoms with Gasteiger partial charge in [-0.2, -0.15) is 5.26 Å². The number of hydrogen-bond acceptors (Lipinski definition) is 7. The Morgan fingerprint density at radius 1 is 1.10 bits per heavy atom. The van der Waals surface area contributed by atoms with Crippen molar-refractivity contribution >= 4 is 40.4 Å². The van der Waals surface area contributed by atoms with Crippen molar-refractivity contribution in [3.63, 3.8) is 0 Å². The molecule has 8 nitrogen and oxygen atoms in total. The van der Waals surface area contributed by atoms with Gasteiger partial charge in [-0.05, 0) is 79.3 Å². The highest BCUT2D eigenvalue weighted by atomic mass is 35.5. The topological polar surface area (TPSA) is 122 Å². The Morgan fingerprint density at radius 3 is 2.49 bits per heavy atom. The van der Waals surface area contributed by atoms with Crippen molar-refractivity contribution in [2.45, 2.75) is 45.6 Å². The zero-order valence-corrected chi connectivity index (χ0v) is 23.9. The van der Waals surface area contributed by atoms with E-state index in [9.17, 15) is 20.2 Å². The van der Waals surface area contributed by atoms with Crippen LogP contribution in [0.25, 0.3) is 0 Å². The number of carbonyl (C=O) groups excluding carboxylic acids is 1. The van der Waals surface area contributed by atoms with E-state index in [4.69, 9.17) is 33.7 Å². The standard InChI is InChI=1S/C31H26Cl2N4O4/c1-17-12-18(2)23(13-19(17)16-41-22-9-6-20(32)7-10-22)29-24(15-34)31(35)36(27-4-3-5-28(38)30(27)29)26-11-8-21(37(39)40)14-25(26)33/h6-14,29H,3-5,16,35H2,1-2H3. The summed E-state index contributed by atoms with van der Waals surface area (Å²) in [5.41, 5.74) is 11.9. The van der Waals surface area contributed by atoms with Crippen LogP contribution in [0.2, 0.25) is 10.0 Å². The zero-order chi connectivity index (χ0) is 29.4. The molecule has 10 heteroatoms. The minimum Gasteiger partial charge on any atom is -0.489 e. The number of nitro groups is 1. The van der Waals surface area contributed by atoms with Gasteiger partial charge in [0.25, 0.3) is 5.69 Å². The molecule has 1 atom stereocenters. The summed E-state index contributed by atoms with van der Waals surface area (Å²) in [7, 11) is 0. The summed E-state index contributed by atoms with van der Waals surface area (Å²) < 4.78 is 6.02. The van der Waals surface area contributed by atoms with Gasteiger partial charge in [-0.3, -0.25) is 19.8 Å². The Morgan fingerprint density at radius 2 is 1.83 bits per heavy atom. The molecule has 3 aromatic rings. The Hall–Kier alpha value is -4.32. The third kappa shape index (κ3) is 5.26. The van der Waals surface area contributed by atoms with E-state index < -0.39 is 10.8 Å². The average Bonchev–Trinajstić information content (AvgIpc) is 2.93. The normalized spacial score (nSPS) is 16.9. The molecule has 0 aromatic heterocycles. The van der Waals surface area contributed by atoms with E-state index in [0.717, 1.165) is 22.3 Å². The van der Waals surface area contributed by atoms with Gasteiger partial charge in [0, 0.05) is 34.8 Å². The number of allylic oxidation sites excluding steroid dienone is 3. The van der Waals surface area contributed by atoms with Gasteiger partial charge in [0.15, 0.2) is 5.78 Å². The van der Waals surface area contributed by atoms with E-state index in [2.05, 4.69) is 6.07 Å². The fourth-order valence-corrected chi connectivity index (χ4v) is 5.92. The van der Waals surface area contributed by atoms with Crippen LogP contribution in [0.5, 0.6) is 5.75 Å². The molecule has 0 amide bonds. The molecule has 5 rings (SSSR count). The molecule has 1 aliphatic carbocycles. The molecule has 0 fully saturated rings. The Kier molecular flexibility index (Phi) is 7.76. The molecule has 3 aromatic carbocycles. The number of anilines is 1. The number of rotatable bonds is 6. The number of nitrogens with two attached hydrogens (primary N) is 1. The molecule has 0 radical (unpaired) electrons. The summed E-state index contributed by atoms with van der Waals surface area (Å²) in [5.74, 6) is 0.0587. The van der Waals surface area contributed by atoms with E-state index in [-0.39, 0.29) is 34.5 Å². The first-order valence-electron chi connectivity index (χ1n) is 13.0. The van der Waals surface area contributed by atoms with Crippen LogP contribution in [0, 0.1) is 35.3 Å². The minimum atomic E-state index is -0.675. The molecular formula is C31H26Cl2N4O4. The van der Waals surface area contributed by atoms with E-state index >= 15 is 0 Å². The van der Waals surface area contributed by atoms with Gasteiger partial charge >= 0.3 is 0 Å². The van der Waals surface area contributed by atoms with Crippen molar-refractivity contribution in [2.75, 3.05) is 4.90 Å². The monoisotopic (exact) mass is 588 g/mol. The Balaban J connectivity index is 1.63. The molecule has 2 aliphatic rings. The number of nitro benzene ring substituents is 1. The number of Topliss-reactive ketones (excluding diaryl/α,β-unsaturated/α-hetero) is 1. The number of nitriles is 1. The van der Waals surface area contributed by atoms with E-state index in [1.54, 1.807) is 29.2 Å². The number of non-ortho nitro benzene ring substituents is 1. The highest BCUT2D eigenvalue weighted by molar-refractivity contribution is 6.33. The molecule has 0 saturated heterocycles. The van der Waals surface area contributed by atoms with E-state index in [1.807, 2.05) is 26.0 Å². The van der Waals surface area contributed by atoms with Gasteiger partial charge in [-0.25, -0.2) is 0 Å². The maximum atomic E-state index is 13.6. The largest absolute Gasteiger partial charge is 0.489 e. The van der Waals surface area contributed by atoms with Gasteiger partial charge in [0.2, 0.25) is 0 Å². The van der Waals surface area contributed by atoms with Crippen LogP contribution in [0.3, 0.4) is 0 Å². The second-order valence-corrected chi connectivity index (χ2v) is 10.9. The van der Waals surface area contributed by atoms with Crippen LogP contribution in [0.1, 0.15) is 47.4 Å². The fraction of sp³-hybridized carbons (Fsp3) is 0.226. The smallest absolute Gasteiger partial charge is 0.271 e. The number of carbonyl (C=O) groups is 1. The van der Waals surface area contributed by atoms with Gasteiger partial charge in [0.1, 0.15) is 18.2 Å². The van der Waals surface area contributed by atoms with Crippen molar-refractivity contribution in [1.82, 2.24) is 0 Å². The lowest BCUT2D eigenvalue weighted by Crippen LogP contribution is -2.39. The molecule has 208 valence electrons. The molecular weight excluding hydrogens is 563 g/mol. The fourth-order valence-electron chi connectivity index (χ4n) is 5.54. The quantitative estimate of drug-likeness (QED) is 0.235. The zero-order valence-electron chi connectivity index (χ0n) is 22.4. The van der Waals surface area contributed by atoms with Gasteiger partial charge in [-0.15, -0.1) is 0 Å². The van der Waals surface area contributed by atoms with Crippen molar-refractivity contribution in [3.8, 4) is 11.8 Å². The molecule has 0 spiro atoms.